The third kappa shape index (κ3) is 5.52. The van der Waals surface area contributed by atoms with E-state index in [4.69, 9.17) is 21.4 Å². The summed E-state index contributed by atoms with van der Waals surface area (Å²) in [7, 11) is 2.16. The van der Waals surface area contributed by atoms with Gasteiger partial charge in [0.1, 0.15) is 5.82 Å². The molecular formula is C22H30ClN7O2. The van der Waals surface area contributed by atoms with Crippen molar-refractivity contribution in [3.05, 3.63) is 41.5 Å². The molecule has 32 heavy (non-hydrogen) atoms. The lowest BCUT2D eigenvalue weighted by Gasteiger charge is -2.28. The van der Waals surface area contributed by atoms with E-state index in [-0.39, 0.29) is 6.09 Å². The Balaban J connectivity index is 1.33. The minimum Gasteiger partial charge on any atom is -0.418 e. The van der Waals surface area contributed by atoms with Crippen molar-refractivity contribution in [2.24, 2.45) is 0 Å². The molecule has 0 unspecified atom stereocenters. The van der Waals surface area contributed by atoms with E-state index in [1.165, 1.54) is 6.26 Å². The van der Waals surface area contributed by atoms with Gasteiger partial charge in [0.25, 0.3) is 0 Å². The molecule has 0 bridgehead atoms. The predicted octanol–water partition coefficient (Wildman–Crippen LogP) is 4.02. The monoisotopic (exact) mass is 459 g/mol. The Hall–Kier alpha value is -2.78. The Bertz CT molecular complexity index is 969. The van der Waals surface area contributed by atoms with Crippen LogP contribution in [0.4, 0.5) is 22.0 Å². The third-order valence-corrected chi connectivity index (χ3v) is 6.17. The molecule has 0 aliphatic carbocycles. The maximum Gasteiger partial charge on any atom is 0.414 e. The van der Waals surface area contributed by atoms with Gasteiger partial charge in [-0.2, -0.15) is 5.10 Å². The fourth-order valence-electron chi connectivity index (χ4n) is 3.93. The number of nitrogens with zero attached hydrogens (tertiary/aromatic N) is 5. The van der Waals surface area contributed by atoms with Crippen LogP contribution in [0.5, 0.6) is 0 Å². The van der Waals surface area contributed by atoms with Crippen molar-refractivity contribution < 1.29 is 9.53 Å². The molecule has 2 aliphatic heterocycles. The zero-order valence-corrected chi connectivity index (χ0v) is 19.3. The number of rotatable bonds is 8. The number of piperidine rings is 1. The normalized spacial score (nSPS) is 17.5. The number of amides is 1. The van der Waals surface area contributed by atoms with Crippen molar-refractivity contribution >= 4 is 34.9 Å². The van der Waals surface area contributed by atoms with Gasteiger partial charge in [-0.05, 0) is 52.4 Å². The average molecular weight is 460 g/mol. The molecule has 4 heterocycles. The lowest BCUT2D eigenvalue weighted by Crippen LogP contribution is -2.34. The van der Waals surface area contributed by atoms with Gasteiger partial charge in [0.05, 0.1) is 40.6 Å². The summed E-state index contributed by atoms with van der Waals surface area (Å²) in [4.78, 5) is 20.1. The van der Waals surface area contributed by atoms with E-state index < -0.39 is 0 Å². The number of aryl methyl sites for hydroxylation is 1. The number of likely N-dealkylation sites (tertiary alicyclic amines) is 1. The molecule has 0 saturated carbocycles. The molecule has 1 amide bonds. The van der Waals surface area contributed by atoms with Crippen molar-refractivity contribution in [3.63, 3.8) is 0 Å². The SMILES string of the molecule is Cc1nn(C2CCN(C)CC2)cc1Nc1cc(NCCCN2CC=COC2=O)c(Cl)cn1. The highest BCUT2D eigenvalue weighted by atomic mass is 35.5. The standard InChI is InChI=1S/C22H30ClN7O2/c1-16-20(15-30(27-16)17-5-10-28(2)11-6-17)26-21-13-19(18(23)14-25-21)24-7-3-8-29-9-4-12-32-22(29)31/h4,12-15,17H,3,5-11H2,1-2H3,(H2,24,25,26). The van der Waals surface area contributed by atoms with Gasteiger partial charge in [-0.1, -0.05) is 11.6 Å². The molecule has 0 aromatic carbocycles. The molecule has 0 atom stereocenters. The highest BCUT2D eigenvalue weighted by Crippen LogP contribution is 2.28. The summed E-state index contributed by atoms with van der Waals surface area (Å²) >= 11 is 6.33. The summed E-state index contributed by atoms with van der Waals surface area (Å²) in [5.41, 5.74) is 2.68. The molecule has 9 nitrogen and oxygen atoms in total. The second kappa shape index (κ2) is 10.2. The first-order valence-corrected chi connectivity index (χ1v) is 11.4. The number of nitrogens with one attached hydrogen (secondary N) is 2. The molecule has 1 saturated heterocycles. The van der Waals surface area contributed by atoms with Gasteiger partial charge in [0, 0.05) is 31.9 Å². The van der Waals surface area contributed by atoms with Gasteiger partial charge in [-0.25, -0.2) is 9.78 Å². The number of hydrogen-bond acceptors (Lipinski definition) is 7. The Labute approximate surface area is 193 Å². The molecule has 2 aromatic rings. The van der Waals surface area contributed by atoms with Crippen molar-refractivity contribution in [1.82, 2.24) is 24.6 Å². The lowest BCUT2D eigenvalue weighted by molar-refractivity contribution is 0.133. The van der Waals surface area contributed by atoms with Gasteiger partial charge in [0.2, 0.25) is 0 Å². The molecular weight excluding hydrogens is 430 g/mol. The van der Waals surface area contributed by atoms with Crippen LogP contribution in [-0.2, 0) is 4.74 Å². The van der Waals surface area contributed by atoms with E-state index in [2.05, 4.69) is 38.4 Å². The first kappa shape index (κ1) is 22.4. The Morgan fingerprint density at radius 1 is 1.28 bits per heavy atom. The highest BCUT2D eigenvalue weighted by molar-refractivity contribution is 6.33. The maximum absolute atomic E-state index is 11.7. The summed E-state index contributed by atoms with van der Waals surface area (Å²) in [5, 5.41) is 12.0. The van der Waals surface area contributed by atoms with Crippen molar-refractivity contribution in [1.29, 1.82) is 0 Å². The molecule has 2 aromatic heterocycles. The smallest absolute Gasteiger partial charge is 0.414 e. The summed E-state index contributed by atoms with van der Waals surface area (Å²) in [6.07, 6.45) is 9.64. The molecule has 4 rings (SSSR count). The van der Waals surface area contributed by atoms with Gasteiger partial charge in [0.15, 0.2) is 0 Å². The van der Waals surface area contributed by atoms with Crippen LogP contribution >= 0.6 is 11.6 Å². The number of carbonyl (C=O) groups is 1. The predicted molar refractivity (Wildman–Crippen MR) is 126 cm³/mol. The van der Waals surface area contributed by atoms with Crippen LogP contribution in [0.3, 0.4) is 0 Å². The second-order valence-corrected chi connectivity index (χ2v) is 8.71. The molecule has 2 N–H and O–H groups in total. The summed E-state index contributed by atoms with van der Waals surface area (Å²) in [5.74, 6) is 0.702. The van der Waals surface area contributed by atoms with E-state index >= 15 is 0 Å². The fourth-order valence-corrected chi connectivity index (χ4v) is 4.10. The van der Waals surface area contributed by atoms with Gasteiger partial charge < -0.3 is 25.2 Å². The van der Waals surface area contributed by atoms with Crippen LogP contribution in [0.1, 0.15) is 31.0 Å². The Kier molecular flexibility index (Phi) is 7.16. The topological polar surface area (TPSA) is 87.5 Å². The van der Waals surface area contributed by atoms with Crippen molar-refractivity contribution in [2.45, 2.75) is 32.2 Å². The maximum atomic E-state index is 11.7. The average Bonchev–Trinajstić information content (AvgIpc) is 3.15. The number of carbonyl (C=O) groups excluding carboxylic acids is 1. The zero-order chi connectivity index (χ0) is 22.5. The first-order valence-electron chi connectivity index (χ1n) is 11.0. The van der Waals surface area contributed by atoms with Crippen LogP contribution < -0.4 is 10.6 Å². The quantitative estimate of drug-likeness (QED) is 0.576. The highest BCUT2D eigenvalue weighted by Gasteiger charge is 2.20. The van der Waals surface area contributed by atoms with Crippen LogP contribution in [0.2, 0.25) is 5.02 Å². The van der Waals surface area contributed by atoms with Crippen molar-refractivity contribution in [2.75, 3.05) is 50.4 Å². The minimum absolute atomic E-state index is 0.308. The summed E-state index contributed by atoms with van der Waals surface area (Å²) in [6.45, 7) is 6.05. The molecule has 2 aliphatic rings. The lowest BCUT2D eigenvalue weighted by atomic mass is 10.1. The zero-order valence-electron chi connectivity index (χ0n) is 18.6. The second-order valence-electron chi connectivity index (χ2n) is 8.30. The van der Waals surface area contributed by atoms with Crippen LogP contribution in [0.15, 0.2) is 30.8 Å². The summed E-state index contributed by atoms with van der Waals surface area (Å²) < 4.78 is 6.98. The number of hydrogen-bond donors (Lipinski definition) is 2. The van der Waals surface area contributed by atoms with Gasteiger partial charge in [-0.3, -0.25) is 4.68 Å². The van der Waals surface area contributed by atoms with E-state index in [0.29, 0.717) is 36.5 Å². The Morgan fingerprint density at radius 3 is 2.88 bits per heavy atom. The summed E-state index contributed by atoms with van der Waals surface area (Å²) in [6, 6.07) is 2.33. The fraction of sp³-hybridized carbons (Fsp3) is 0.500. The van der Waals surface area contributed by atoms with E-state index in [0.717, 1.165) is 49.4 Å². The molecule has 10 heteroatoms. The van der Waals surface area contributed by atoms with Gasteiger partial charge in [-0.15, -0.1) is 0 Å². The van der Waals surface area contributed by atoms with E-state index in [9.17, 15) is 4.79 Å². The van der Waals surface area contributed by atoms with Crippen LogP contribution in [0.25, 0.3) is 0 Å². The van der Waals surface area contributed by atoms with Gasteiger partial charge >= 0.3 is 6.09 Å². The largest absolute Gasteiger partial charge is 0.418 e. The molecule has 1 fully saturated rings. The molecule has 0 spiro atoms. The number of ether oxygens (including phenoxy) is 1. The number of anilines is 3. The van der Waals surface area contributed by atoms with Crippen molar-refractivity contribution in [3.8, 4) is 0 Å². The Morgan fingerprint density at radius 2 is 2.09 bits per heavy atom. The third-order valence-electron chi connectivity index (χ3n) is 5.87. The number of pyridine rings is 1. The van der Waals surface area contributed by atoms with E-state index in [1.54, 1.807) is 11.1 Å². The molecule has 172 valence electrons. The number of aromatic nitrogens is 3. The number of cyclic esters (lactones) is 1. The van der Waals surface area contributed by atoms with Crippen LogP contribution in [-0.4, -0.2) is 70.4 Å². The number of halogens is 1. The minimum atomic E-state index is -0.308. The van der Waals surface area contributed by atoms with Crippen LogP contribution in [0, 0.1) is 6.92 Å². The van der Waals surface area contributed by atoms with E-state index in [1.807, 2.05) is 19.1 Å². The molecule has 0 radical (unpaired) electrons. The first-order chi connectivity index (χ1) is 15.5.